The second-order valence-electron chi connectivity index (χ2n) is 4.22. The molecule has 2 aromatic rings. The van der Waals surface area contributed by atoms with Crippen molar-refractivity contribution in [1.82, 2.24) is 5.32 Å². The molecule has 0 fully saturated rings. The van der Waals surface area contributed by atoms with Crippen LogP contribution in [0.3, 0.4) is 0 Å². The van der Waals surface area contributed by atoms with E-state index in [9.17, 15) is 4.39 Å². The third kappa shape index (κ3) is 3.18. The molecule has 0 saturated heterocycles. The Morgan fingerprint density at radius 3 is 2.50 bits per heavy atom. The van der Waals surface area contributed by atoms with Crippen LogP contribution in [-0.4, -0.2) is 0 Å². The summed E-state index contributed by atoms with van der Waals surface area (Å²) in [5.74, 6) is -0.163. The standard InChI is InChI=1S/C15H15BrFN/c1-11(13-7-3-4-8-14(13)16)18-10-12-6-2-5-9-15(12)17/h2-9,11,18H,10H2,1H3/t11-/m1/s1. The predicted octanol–water partition coefficient (Wildman–Crippen LogP) is 4.44. The molecule has 0 unspecified atom stereocenters. The smallest absolute Gasteiger partial charge is 0.127 e. The summed E-state index contributed by atoms with van der Waals surface area (Å²) in [5, 5.41) is 3.33. The molecule has 0 radical (unpaired) electrons. The van der Waals surface area contributed by atoms with Gasteiger partial charge in [-0.2, -0.15) is 0 Å². The summed E-state index contributed by atoms with van der Waals surface area (Å²) in [6.45, 7) is 2.59. The Morgan fingerprint density at radius 2 is 1.78 bits per heavy atom. The first-order valence-electron chi connectivity index (χ1n) is 5.89. The zero-order valence-electron chi connectivity index (χ0n) is 10.2. The molecule has 0 aliphatic heterocycles. The Hall–Kier alpha value is -1.19. The van der Waals surface area contributed by atoms with Crippen LogP contribution in [0.2, 0.25) is 0 Å². The van der Waals surface area contributed by atoms with Gasteiger partial charge in [-0.3, -0.25) is 0 Å². The van der Waals surface area contributed by atoms with Crippen molar-refractivity contribution in [3.63, 3.8) is 0 Å². The molecule has 2 rings (SSSR count). The molecule has 2 aromatic carbocycles. The first-order chi connectivity index (χ1) is 8.68. The summed E-state index contributed by atoms with van der Waals surface area (Å²) in [4.78, 5) is 0. The van der Waals surface area contributed by atoms with Crippen molar-refractivity contribution in [2.24, 2.45) is 0 Å². The van der Waals surface area contributed by atoms with Gasteiger partial charge < -0.3 is 5.32 Å². The zero-order chi connectivity index (χ0) is 13.0. The number of benzene rings is 2. The van der Waals surface area contributed by atoms with Crippen LogP contribution < -0.4 is 5.32 Å². The third-order valence-corrected chi connectivity index (χ3v) is 3.65. The van der Waals surface area contributed by atoms with Crippen molar-refractivity contribution in [3.05, 3.63) is 69.9 Å². The van der Waals surface area contributed by atoms with Gasteiger partial charge in [0.15, 0.2) is 0 Å². The van der Waals surface area contributed by atoms with E-state index < -0.39 is 0 Å². The van der Waals surface area contributed by atoms with Crippen LogP contribution in [0.4, 0.5) is 4.39 Å². The van der Waals surface area contributed by atoms with E-state index in [0.717, 1.165) is 4.47 Å². The van der Waals surface area contributed by atoms with E-state index in [2.05, 4.69) is 34.2 Å². The van der Waals surface area contributed by atoms with Crippen molar-refractivity contribution in [1.29, 1.82) is 0 Å². The van der Waals surface area contributed by atoms with Crippen molar-refractivity contribution < 1.29 is 4.39 Å². The van der Waals surface area contributed by atoms with E-state index in [4.69, 9.17) is 0 Å². The van der Waals surface area contributed by atoms with Gasteiger partial charge in [0.2, 0.25) is 0 Å². The second kappa shape index (κ2) is 6.12. The average Bonchev–Trinajstić information content (AvgIpc) is 2.38. The van der Waals surface area contributed by atoms with Gasteiger partial charge in [-0.25, -0.2) is 4.39 Å². The van der Waals surface area contributed by atoms with Crippen molar-refractivity contribution >= 4 is 15.9 Å². The summed E-state index contributed by atoms with van der Waals surface area (Å²) in [7, 11) is 0. The number of nitrogens with one attached hydrogen (secondary N) is 1. The van der Waals surface area contributed by atoms with E-state index in [-0.39, 0.29) is 11.9 Å². The van der Waals surface area contributed by atoms with Gasteiger partial charge >= 0.3 is 0 Å². The molecule has 0 amide bonds. The molecule has 1 nitrogen and oxygen atoms in total. The summed E-state index contributed by atoms with van der Waals surface area (Å²) in [5.41, 5.74) is 1.87. The molecule has 0 saturated carbocycles. The number of hydrogen-bond donors (Lipinski definition) is 1. The fourth-order valence-electron chi connectivity index (χ4n) is 1.84. The highest BCUT2D eigenvalue weighted by molar-refractivity contribution is 9.10. The van der Waals surface area contributed by atoms with E-state index in [1.165, 1.54) is 11.6 Å². The molecule has 0 aromatic heterocycles. The largest absolute Gasteiger partial charge is 0.306 e. The Balaban J connectivity index is 2.03. The Bertz CT molecular complexity index is 527. The quantitative estimate of drug-likeness (QED) is 0.880. The molecule has 0 heterocycles. The molecular weight excluding hydrogens is 293 g/mol. The van der Waals surface area contributed by atoms with E-state index in [1.54, 1.807) is 12.1 Å². The molecule has 94 valence electrons. The predicted molar refractivity (Wildman–Crippen MR) is 75.8 cm³/mol. The van der Waals surface area contributed by atoms with Gasteiger partial charge in [0.05, 0.1) is 0 Å². The Labute approximate surface area is 115 Å². The topological polar surface area (TPSA) is 12.0 Å². The van der Waals surface area contributed by atoms with Gasteiger partial charge in [0.1, 0.15) is 5.82 Å². The summed E-state index contributed by atoms with van der Waals surface area (Å²) < 4.78 is 14.5. The molecule has 0 bridgehead atoms. The highest BCUT2D eigenvalue weighted by Crippen LogP contribution is 2.23. The summed E-state index contributed by atoms with van der Waals surface area (Å²) >= 11 is 3.52. The lowest BCUT2D eigenvalue weighted by Gasteiger charge is -2.16. The van der Waals surface area contributed by atoms with E-state index in [0.29, 0.717) is 12.1 Å². The van der Waals surface area contributed by atoms with Gasteiger partial charge in [-0.15, -0.1) is 0 Å². The SMILES string of the molecule is C[C@@H](NCc1ccccc1F)c1ccccc1Br. The van der Waals surface area contributed by atoms with Crippen LogP contribution in [-0.2, 0) is 6.54 Å². The van der Waals surface area contributed by atoms with Crippen LogP contribution in [0.15, 0.2) is 53.0 Å². The minimum absolute atomic E-state index is 0.163. The first kappa shape index (κ1) is 13.2. The highest BCUT2D eigenvalue weighted by atomic mass is 79.9. The van der Waals surface area contributed by atoms with Crippen molar-refractivity contribution in [2.45, 2.75) is 19.5 Å². The molecule has 0 spiro atoms. The maximum atomic E-state index is 13.5. The third-order valence-electron chi connectivity index (χ3n) is 2.93. The van der Waals surface area contributed by atoms with Gasteiger partial charge in [-0.1, -0.05) is 52.3 Å². The van der Waals surface area contributed by atoms with E-state index >= 15 is 0 Å². The molecule has 3 heteroatoms. The minimum atomic E-state index is -0.163. The number of halogens is 2. The van der Waals surface area contributed by atoms with Crippen molar-refractivity contribution in [3.8, 4) is 0 Å². The molecule has 0 aliphatic carbocycles. The van der Waals surface area contributed by atoms with Crippen LogP contribution in [0, 0.1) is 5.82 Å². The lowest BCUT2D eigenvalue weighted by molar-refractivity contribution is 0.543. The molecule has 0 aliphatic rings. The van der Waals surface area contributed by atoms with Gasteiger partial charge in [0.25, 0.3) is 0 Å². The number of rotatable bonds is 4. The van der Waals surface area contributed by atoms with Crippen LogP contribution >= 0.6 is 15.9 Å². The highest BCUT2D eigenvalue weighted by Gasteiger charge is 2.09. The monoisotopic (exact) mass is 307 g/mol. The second-order valence-corrected chi connectivity index (χ2v) is 5.07. The van der Waals surface area contributed by atoms with Crippen molar-refractivity contribution in [2.75, 3.05) is 0 Å². The average molecular weight is 308 g/mol. The molecule has 1 N–H and O–H groups in total. The molecule has 18 heavy (non-hydrogen) atoms. The lowest BCUT2D eigenvalue weighted by atomic mass is 10.1. The maximum absolute atomic E-state index is 13.5. The minimum Gasteiger partial charge on any atom is -0.306 e. The summed E-state index contributed by atoms with van der Waals surface area (Å²) in [6, 6.07) is 15.1. The van der Waals surface area contributed by atoms with Gasteiger partial charge in [-0.05, 0) is 24.6 Å². The zero-order valence-corrected chi connectivity index (χ0v) is 11.7. The molecular formula is C15H15BrFN. The van der Waals surface area contributed by atoms with Crippen LogP contribution in [0.1, 0.15) is 24.1 Å². The van der Waals surface area contributed by atoms with Gasteiger partial charge in [0, 0.05) is 22.6 Å². The van der Waals surface area contributed by atoms with E-state index in [1.807, 2.05) is 24.3 Å². The fourth-order valence-corrected chi connectivity index (χ4v) is 2.47. The first-order valence-corrected chi connectivity index (χ1v) is 6.69. The molecule has 1 atom stereocenters. The van der Waals surface area contributed by atoms with Crippen LogP contribution in [0.5, 0.6) is 0 Å². The maximum Gasteiger partial charge on any atom is 0.127 e. The Kier molecular flexibility index (Phi) is 4.50. The van der Waals surface area contributed by atoms with Crippen LogP contribution in [0.25, 0.3) is 0 Å². The normalized spacial score (nSPS) is 12.4. The fraction of sp³-hybridized carbons (Fsp3) is 0.200. The lowest BCUT2D eigenvalue weighted by Crippen LogP contribution is -2.19. The Morgan fingerprint density at radius 1 is 1.11 bits per heavy atom. The number of hydrogen-bond acceptors (Lipinski definition) is 1. The summed E-state index contributed by atoms with van der Waals surface area (Å²) in [6.07, 6.45) is 0.